The van der Waals surface area contributed by atoms with Crippen LogP contribution in [0.15, 0.2) is 46.9 Å². The Morgan fingerprint density at radius 2 is 1.96 bits per heavy atom. The summed E-state index contributed by atoms with van der Waals surface area (Å²) < 4.78 is 13.9. The highest BCUT2D eigenvalue weighted by atomic mass is 79.9. The number of rotatable bonds is 2. The summed E-state index contributed by atoms with van der Waals surface area (Å²) in [5.74, 6) is -0.702. The number of fused-ring (bicyclic) bond motifs is 1. The molecule has 0 heterocycles. The van der Waals surface area contributed by atoms with Crippen LogP contribution < -0.4 is 5.32 Å². The summed E-state index contributed by atoms with van der Waals surface area (Å²) in [6, 6.07) is 10.9. The number of carbonyl (C=O) groups is 1. The van der Waals surface area contributed by atoms with Gasteiger partial charge in [0.1, 0.15) is 5.82 Å². The van der Waals surface area contributed by atoms with Crippen molar-refractivity contribution in [1.29, 1.82) is 0 Å². The highest BCUT2D eigenvalue weighted by Gasteiger charge is 2.28. The molecule has 5 heteroatoms. The number of aryl methyl sites for hydroxylation is 1. The third-order valence-corrected chi connectivity index (χ3v) is 4.66. The van der Waals surface area contributed by atoms with Crippen molar-refractivity contribution in [3.63, 3.8) is 0 Å². The fourth-order valence-corrected chi connectivity index (χ4v) is 3.34. The molecule has 1 amide bonds. The van der Waals surface area contributed by atoms with Gasteiger partial charge >= 0.3 is 0 Å². The van der Waals surface area contributed by atoms with Gasteiger partial charge in [-0.2, -0.15) is 0 Å². The van der Waals surface area contributed by atoms with E-state index in [0.717, 1.165) is 28.4 Å². The first-order valence-electron chi connectivity index (χ1n) is 7.57. The Hall–Kier alpha value is -1.72. The predicted octanol–water partition coefficient (Wildman–Crippen LogP) is 3.76. The van der Waals surface area contributed by atoms with Gasteiger partial charge < -0.3 is 10.4 Å². The quantitative estimate of drug-likeness (QED) is 0.782. The second kappa shape index (κ2) is 6.81. The number of nitrogens with one attached hydrogen (secondary N) is 1. The Labute approximate surface area is 142 Å². The summed E-state index contributed by atoms with van der Waals surface area (Å²) in [6.07, 6.45) is 1.73. The molecular weight excluding hydrogens is 361 g/mol. The van der Waals surface area contributed by atoms with E-state index < -0.39 is 12.1 Å². The van der Waals surface area contributed by atoms with Crippen LogP contribution in [0.5, 0.6) is 0 Å². The first kappa shape index (κ1) is 16.1. The van der Waals surface area contributed by atoms with Crippen molar-refractivity contribution in [2.45, 2.75) is 31.4 Å². The molecule has 0 saturated carbocycles. The Morgan fingerprint density at radius 3 is 2.70 bits per heavy atom. The van der Waals surface area contributed by atoms with E-state index in [1.807, 2.05) is 18.2 Å². The first-order valence-corrected chi connectivity index (χ1v) is 8.37. The van der Waals surface area contributed by atoms with Gasteiger partial charge in [0.05, 0.1) is 12.1 Å². The number of aliphatic hydroxyl groups is 1. The highest BCUT2D eigenvalue weighted by Crippen LogP contribution is 2.31. The molecule has 0 spiro atoms. The zero-order valence-electron chi connectivity index (χ0n) is 12.4. The maximum absolute atomic E-state index is 13.0. The van der Waals surface area contributed by atoms with Crippen molar-refractivity contribution in [1.82, 2.24) is 5.32 Å². The third-order valence-electron chi connectivity index (χ3n) is 4.17. The Balaban J connectivity index is 1.89. The van der Waals surface area contributed by atoms with Gasteiger partial charge in [0, 0.05) is 10.0 Å². The second-order valence-corrected chi connectivity index (χ2v) is 6.68. The van der Waals surface area contributed by atoms with E-state index in [2.05, 4.69) is 21.2 Å². The Kier molecular flexibility index (Phi) is 4.78. The molecule has 120 valence electrons. The van der Waals surface area contributed by atoms with Gasteiger partial charge in [-0.25, -0.2) is 4.39 Å². The molecule has 1 aliphatic rings. The number of hydrogen-bond acceptors (Lipinski definition) is 2. The molecule has 0 saturated heterocycles. The van der Waals surface area contributed by atoms with E-state index in [9.17, 15) is 14.3 Å². The zero-order valence-corrected chi connectivity index (χ0v) is 14.0. The third kappa shape index (κ3) is 3.62. The lowest BCUT2D eigenvalue weighted by Gasteiger charge is -2.24. The van der Waals surface area contributed by atoms with Crippen molar-refractivity contribution < 1.29 is 14.3 Å². The normalized spacial score (nSPS) is 20.5. The molecule has 0 aliphatic heterocycles. The zero-order chi connectivity index (χ0) is 16.4. The molecule has 0 fully saturated rings. The molecule has 3 nitrogen and oxygen atoms in total. The summed E-state index contributed by atoms with van der Waals surface area (Å²) in [5.41, 5.74) is 2.44. The number of benzene rings is 2. The van der Waals surface area contributed by atoms with Gasteiger partial charge in [0.15, 0.2) is 0 Å². The Bertz CT molecular complexity index is 717. The minimum atomic E-state index is -0.644. The monoisotopic (exact) mass is 377 g/mol. The van der Waals surface area contributed by atoms with Crippen molar-refractivity contribution >= 4 is 21.8 Å². The average molecular weight is 378 g/mol. The fourth-order valence-electron chi connectivity index (χ4n) is 2.96. The van der Waals surface area contributed by atoms with Crippen molar-refractivity contribution in [2.24, 2.45) is 0 Å². The predicted molar refractivity (Wildman–Crippen MR) is 89.7 cm³/mol. The lowest BCUT2D eigenvalue weighted by atomic mass is 9.97. The first-order chi connectivity index (χ1) is 11.0. The van der Waals surface area contributed by atoms with Gasteiger partial charge in [-0.1, -0.05) is 22.0 Å². The van der Waals surface area contributed by atoms with Crippen LogP contribution in [0.1, 0.15) is 40.4 Å². The molecule has 2 atom stereocenters. The molecule has 0 bridgehead atoms. The molecule has 3 rings (SSSR count). The smallest absolute Gasteiger partial charge is 0.251 e. The Morgan fingerprint density at radius 1 is 1.22 bits per heavy atom. The standard InChI is InChI=1S/C18H17BrFNO2/c19-13-7-4-11-2-1-3-16(22)17(15(11)10-13)21-18(23)12-5-8-14(20)9-6-12/h4-10,16-17,22H,1-3H2,(H,21,23)/t16-,17-/m1/s1. The van der Waals surface area contributed by atoms with Crippen molar-refractivity contribution in [3.05, 3.63) is 69.4 Å². The largest absolute Gasteiger partial charge is 0.391 e. The minimum Gasteiger partial charge on any atom is -0.391 e. The maximum Gasteiger partial charge on any atom is 0.251 e. The van der Waals surface area contributed by atoms with E-state index in [-0.39, 0.29) is 11.7 Å². The summed E-state index contributed by atoms with van der Waals surface area (Å²) in [7, 11) is 0. The summed E-state index contributed by atoms with van der Waals surface area (Å²) in [4.78, 5) is 12.4. The van der Waals surface area contributed by atoms with Gasteiger partial charge in [0.2, 0.25) is 0 Å². The molecular formula is C18H17BrFNO2. The van der Waals surface area contributed by atoms with Crippen LogP contribution in [0.2, 0.25) is 0 Å². The van der Waals surface area contributed by atoms with E-state index in [1.54, 1.807) is 0 Å². The second-order valence-electron chi connectivity index (χ2n) is 5.76. The molecule has 2 N–H and O–H groups in total. The number of aliphatic hydroxyl groups excluding tert-OH is 1. The minimum absolute atomic E-state index is 0.318. The fraction of sp³-hybridized carbons (Fsp3) is 0.278. The lowest BCUT2D eigenvalue weighted by Crippen LogP contribution is -2.36. The summed E-state index contributed by atoms with van der Waals surface area (Å²) >= 11 is 3.45. The van der Waals surface area contributed by atoms with Crippen LogP contribution in [-0.4, -0.2) is 17.1 Å². The van der Waals surface area contributed by atoms with Crippen molar-refractivity contribution in [2.75, 3.05) is 0 Å². The van der Waals surface area contributed by atoms with Gasteiger partial charge in [-0.3, -0.25) is 4.79 Å². The summed E-state index contributed by atoms with van der Waals surface area (Å²) in [6.45, 7) is 0. The number of carbonyl (C=O) groups excluding carboxylic acids is 1. The molecule has 0 aromatic heterocycles. The van der Waals surface area contributed by atoms with E-state index >= 15 is 0 Å². The average Bonchev–Trinajstić information content (AvgIpc) is 2.68. The molecule has 23 heavy (non-hydrogen) atoms. The number of amides is 1. The molecule has 0 radical (unpaired) electrons. The van der Waals surface area contributed by atoms with E-state index in [4.69, 9.17) is 0 Å². The van der Waals surface area contributed by atoms with E-state index in [1.165, 1.54) is 24.3 Å². The molecule has 2 aromatic carbocycles. The highest BCUT2D eigenvalue weighted by molar-refractivity contribution is 9.10. The van der Waals surface area contributed by atoms with Crippen LogP contribution in [0.25, 0.3) is 0 Å². The van der Waals surface area contributed by atoms with Gasteiger partial charge in [-0.05, 0) is 66.8 Å². The van der Waals surface area contributed by atoms with Crippen LogP contribution in [-0.2, 0) is 6.42 Å². The molecule has 0 unspecified atom stereocenters. The SMILES string of the molecule is O=C(N[C@@H]1c2cc(Br)ccc2CCC[C@H]1O)c1ccc(F)cc1. The topological polar surface area (TPSA) is 49.3 Å². The maximum atomic E-state index is 13.0. The van der Waals surface area contributed by atoms with E-state index in [0.29, 0.717) is 12.0 Å². The van der Waals surface area contributed by atoms with Gasteiger partial charge in [0.25, 0.3) is 5.91 Å². The number of halogens is 2. The van der Waals surface area contributed by atoms with Crippen LogP contribution in [0.3, 0.4) is 0 Å². The number of hydrogen-bond donors (Lipinski definition) is 2. The van der Waals surface area contributed by atoms with Crippen LogP contribution >= 0.6 is 15.9 Å². The van der Waals surface area contributed by atoms with Crippen LogP contribution in [0, 0.1) is 5.82 Å². The summed E-state index contributed by atoms with van der Waals surface area (Å²) in [5, 5.41) is 13.3. The van der Waals surface area contributed by atoms with Gasteiger partial charge in [-0.15, -0.1) is 0 Å². The molecule has 1 aliphatic carbocycles. The lowest BCUT2D eigenvalue weighted by molar-refractivity contribution is 0.0817. The van der Waals surface area contributed by atoms with Crippen LogP contribution in [0.4, 0.5) is 4.39 Å². The molecule has 2 aromatic rings. The van der Waals surface area contributed by atoms with Crippen molar-refractivity contribution in [3.8, 4) is 0 Å².